The molecule has 2 atom stereocenters. The molecule has 84 valence electrons. The SMILES string of the molecule is Cc1cc(CC(C)CC(C)N)ccc1F. The highest BCUT2D eigenvalue weighted by Gasteiger charge is 2.07. The van der Waals surface area contributed by atoms with E-state index >= 15 is 0 Å². The highest BCUT2D eigenvalue weighted by atomic mass is 19.1. The zero-order valence-corrected chi connectivity index (χ0v) is 9.76. The first-order valence-corrected chi connectivity index (χ1v) is 5.49. The molecule has 1 aromatic rings. The van der Waals surface area contributed by atoms with Gasteiger partial charge >= 0.3 is 0 Å². The van der Waals surface area contributed by atoms with Gasteiger partial charge in [-0.2, -0.15) is 0 Å². The number of hydrogen-bond acceptors (Lipinski definition) is 1. The molecule has 0 aliphatic rings. The van der Waals surface area contributed by atoms with E-state index in [2.05, 4.69) is 6.92 Å². The summed E-state index contributed by atoms with van der Waals surface area (Å²) in [6.45, 7) is 6.00. The lowest BCUT2D eigenvalue weighted by Gasteiger charge is -2.14. The summed E-state index contributed by atoms with van der Waals surface area (Å²) >= 11 is 0. The van der Waals surface area contributed by atoms with Crippen LogP contribution in [-0.4, -0.2) is 6.04 Å². The molecule has 0 amide bonds. The Bertz CT molecular complexity index is 320. The lowest BCUT2D eigenvalue weighted by molar-refractivity contribution is 0.479. The van der Waals surface area contributed by atoms with Gasteiger partial charge in [0, 0.05) is 6.04 Å². The van der Waals surface area contributed by atoms with Crippen molar-refractivity contribution in [2.45, 2.75) is 39.7 Å². The summed E-state index contributed by atoms with van der Waals surface area (Å²) in [6.07, 6.45) is 1.99. The Balaban J connectivity index is 2.60. The second kappa shape index (κ2) is 5.26. The highest BCUT2D eigenvalue weighted by molar-refractivity contribution is 5.24. The maximum Gasteiger partial charge on any atom is 0.126 e. The molecule has 0 saturated carbocycles. The number of rotatable bonds is 4. The second-order valence-corrected chi connectivity index (χ2v) is 4.61. The maximum atomic E-state index is 13.0. The molecule has 0 aliphatic carbocycles. The largest absolute Gasteiger partial charge is 0.328 e. The van der Waals surface area contributed by atoms with E-state index in [1.807, 2.05) is 19.1 Å². The van der Waals surface area contributed by atoms with Gasteiger partial charge in [0.1, 0.15) is 5.82 Å². The smallest absolute Gasteiger partial charge is 0.126 e. The third kappa shape index (κ3) is 4.00. The molecule has 1 nitrogen and oxygen atoms in total. The van der Waals surface area contributed by atoms with Crippen LogP contribution >= 0.6 is 0 Å². The predicted molar refractivity (Wildman–Crippen MR) is 62.3 cm³/mol. The van der Waals surface area contributed by atoms with Crippen LogP contribution < -0.4 is 5.73 Å². The van der Waals surface area contributed by atoms with Gasteiger partial charge < -0.3 is 5.73 Å². The van der Waals surface area contributed by atoms with Gasteiger partial charge in [0.25, 0.3) is 0 Å². The molecule has 2 unspecified atom stereocenters. The van der Waals surface area contributed by atoms with Crippen molar-refractivity contribution in [3.05, 3.63) is 35.1 Å². The molecule has 0 fully saturated rings. The second-order valence-electron chi connectivity index (χ2n) is 4.61. The van der Waals surface area contributed by atoms with Gasteiger partial charge in [-0.05, 0) is 49.8 Å². The number of aryl methyl sites for hydroxylation is 1. The lowest BCUT2D eigenvalue weighted by Crippen LogP contribution is -2.19. The van der Waals surface area contributed by atoms with E-state index in [1.165, 1.54) is 5.56 Å². The molecule has 1 rings (SSSR count). The Hall–Kier alpha value is -0.890. The molecular formula is C13H20FN. The molecule has 2 N–H and O–H groups in total. The van der Waals surface area contributed by atoms with Crippen LogP contribution in [0.5, 0.6) is 0 Å². The molecular weight excluding hydrogens is 189 g/mol. The number of halogens is 1. The van der Waals surface area contributed by atoms with Crippen molar-refractivity contribution in [1.29, 1.82) is 0 Å². The molecule has 15 heavy (non-hydrogen) atoms. The van der Waals surface area contributed by atoms with Crippen LogP contribution in [0.2, 0.25) is 0 Å². The van der Waals surface area contributed by atoms with Gasteiger partial charge in [-0.15, -0.1) is 0 Å². The molecule has 2 heteroatoms. The van der Waals surface area contributed by atoms with E-state index in [1.54, 1.807) is 13.0 Å². The van der Waals surface area contributed by atoms with E-state index in [9.17, 15) is 4.39 Å². The highest BCUT2D eigenvalue weighted by Crippen LogP contribution is 2.16. The minimum Gasteiger partial charge on any atom is -0.328 e. The summed E-state index contributed by atoms with van der Waals surface area (Å²) in [5.74, 6) is 0.424. The van der Waals surface area contributed by atoms with Crippen molar-refractivity contribution in [3.8, 4) is 0 Å². The van der Waals surface area contributed by atoms with Crippen molar-refractivity contribution in [3.63, 3.8) is 0 Å². The van der Waals surface area contributed by atoms with Gasteiger partial charge in [0.05, 0.1) is 0 Å². The van der Waals surface area contributed by atoms with Gasteiger partial charge in [-0.1, -0.05) is 19.1 Å². The van der Waals surface area contributed by atoms with E-state index in [4.69, 9.17) is 5.73 Å². The van der Waals surface area contributed by atoms with Gasteiger partial charge in [-0.25, -0.2) is 4.39 Å². The third-order valence-electron chi connectivity index (χ3n) is 2.58. The van der Waals surface area contributed by atoms with E-state index in [0.717, 1.165) is 18.4 Å². The molecule has 0 saturated heterocycles. The minimum atomic E-state index is -0.126. The van der Waals surface area contributed by atoms with Crippen LogP contribution in [0.3, 0.4) is 0 Å². The third-order valence-corrected chi connectivity index (χ3v) is 2.58. The molecule has 0 bridgehead atoms. The molecule has 0 radical (unpaired) electrons. The average molecular weight is 209 g/mol. The van der Waals surface area contributed by atoms with Crippen LogP contribution in [0.25, 0.3) is 0 Å². The Kier molecular flexibility index (Phi) is 4.28. The van der Waals surface area contributed by atoms with Crippen molar-refractivity contribution < 1.29 is 4.39 Å². The van der Waals surface area contributed by atoms with Crippen LogP contribution in [-0.2, 0) is 6.42 Å². The molecule has 0 aromatic heterocycles. The van der Waals surface area contributed by atoms with Crippen LogP contribution in [0.15, 0.2) is 18.2 Å². The Morgan fingerprint density at radius 1 is 1.33 bits per heavy atom. The van der Waals surface area contributed by atoms with Crippen LogP contribution in [0.4, 0.5) is 4.39 Å². The normalized spacial score (nSPS) is 15.0. The molecule has 0 spiro atoms. The van der Waals surface area contributed by atoms with E-state index in [0.29, 0.717) is 5.92 Å². The lowest BCUT2D eigenvalue weighted by atomic mass is 9.94. The Morgan fingerprint density at radius 3 is 2.53 bits per heavy atom. The summed E-state index contributed by atoms with van der Waals surface area (Å²) in [6, 6.07) is 5.57. The summed E-state index contributed by atoms with van der Waals surface area (Å²) in [5, 5.41) is 0. The zero-order valence-electron chi connectivity index (χ0n) is 9.76. The Morgan fingerprint density at radius 2 is 2.00 bits per heavy atom. The van der Waals surface area contributed by atoms with Crippen molar-refractivity contribution in [1.82, 2.24) is 0 Å². The summed E-state index contributed by atoms with van der Waals surface area (Å²) in [7, 11) is 0. The van der Waals surface area contributed by atoms with Gasteiger partial charge in [-0.3, -0.25) is 0 Å². The van der Waals surface area contributed by atoms with Crippen molar-refractivity contribution in [2.75, 3.05) is 0 Å². The number of nitrogens with two attached hydrogens (primary N) is 1. The fourth-order valence-electron chi connectivity index (χ4n) is 1.95. The first-order valence-electron chi connectivity index (χ1n) is 5.49. The molecule has 0 heterocycles. The number of hydrogen-bond donors (Lipinski definition) is 1. The fourth-order valence-corrected chi connectivity index (χ4v) is 1.95. The quantitative estimate of drug-likeness (QED) is 0.810. The van der Waals surface area contributed by atoms with Gasteiger partial charge in [0.15, 0.2) is 0 Å². The van der Waals surface area contributed by atoms with Crippen molar-refractivity contribution >= 4 is 0 Å². The Labute approximate surface area is 91.5 Å². The fraction of sp³-hybridized carbons (Fsp3) is 0.538. The standard InChI is InChI=1S/C13H20FN/c1-9(6-11(3)15)7-12-4-5-13(14)10(2)8-12/h4-5,8-9,11H,6-7,15H2,1-3H3. The van der Waals surface area contributed by atoms with E-state index in [-0.39, 0.29) is 11.9 Å². The average Bonchev–Trinajstić information content (AvgIpc) is 2.10. The van der Waals surface area contributed by atoms with Crippen LogP contribution in [0, 0.1) is 18.7 Å². The molecule has 1 aromatic carbocycles. The summed E-state index contributed by atoms with van der Waals surface area (Å²) in [5.41, 5.74) is 7.66. The van der Waals surface area contributed by atoms with Crippen LogP contribution in [0.1, 0.15) is 31.4 Å². The summed E-state index contributed by atoms with van der Waals surface area (Å²) in [4.78, 5) is 0. The van der Waals surface area contributed by atoms with Crippen molar-refractivity contribution in [2.24, 2.45) is 11.7 Å². The monoisotopic (exact) mass is 209 g/mol. The number of benzene rings is 1. The zero-order chi connectivity index (χ0) is 11.4. The minimum absolute atomic E-state index is 0.126. The first-order chi connectivity index (χ1) is 6.99. The van der Waals surface area contributed by atoms with Gasteiger partial charge in [0.2, 0.25) is 0 Å². The predicted octanol–water partition coefficient (Wildman–Crippen LogP) is 3.05. The maximum absolute atomic E-state index is 13.0. The summed E-state index contributed by atoms with van der Waals surface area (Å²) < 4.78 is 13.0. The van der Waals surface area contributed by atoms with E-state index < -0.39 is 0 Å². The topological polar surface area (TPSA) is 26.0 Å². The first kappa shape index (κ1) is 12.2. The molecule has 0 aliphatic heterocycles.